The lowest BCUT2D eigenvalue weighted by atomic mass is 10.1. The van der Waals surface area contributed by atoms with Gasteiger partial charge in [0.15, 0.2) is 0 Å². The summed E-state index contributed by atoms with van der Waals surface area (Å²) in [4.78, 5) is 24.7. The minimum absolute atomic E-state index is 0.134. The Morgan fingerprint density at radius 3 is 2.89 bits per heavy atom. The summed E-state index contributed by atoms with van der Waals surface area (Å²) in [5, 5.41) is 8.94. The number of amides is 1. The highest BCUT2D eigenvalue weighted by molar-refractivity contribution is 5.95. The summed E-state index contributed by atoms with van der Waals surface area (Å²) in [6.45, 7) is 3.20. The van der Waals surface area contributed by atoms with E-state index in [-0.39, 0.29) is 12.5 Å². The smallest absolute Gasteiger partial charge is 0.308 e. The highest BCUT2D eigenvalue weighted by Crippen LogP contribution is 2.21. The van der Waals surface area contributed by atoms with Crippen LogP contribution in [-0.4, -0.2) is 41.6 Å². The third-order valence-electron chi connectivity index (χ3n) is 3.22. The molecule has 1 amide bonds. The minimum Gasteiger partial charge on any atom is -0.494 e. The molecule has 0 radical (unpaired) electrons. The highest BCUT2D eigenvalue weighted by Gasteiger charge is 2.31. The molecule has 1 aromatic rings. The number of rotatable bonds is 4. The molecule has 0 aliphatic carbocycles. The number of likely N-dealkylation sites (tertiary alicyclic amines) is 1. The summed E-state index contributed by atoms with van der Waals surface area (Å²) in [6, 6.07) is 6.98. The molecule has 5 heteroatoms. The Labute approximate surface area is 111 Å². The molecule has 1 aliphatic rings. The van der Waals surface area contributed by atoms with E-state index in [1.165, 1.54) is 0 Å². The molecule has 1 aliphatic heterocycles. The van der Waals surface area contributed by atoms with Gasteiger partial charge in [-0.1, -0.05) is 6.07 Å². The van der Waals surface area contributed by atoms with Gasteiger partial charge in [0.1, 0.15) is 5.75 Å². The summed E-state index contributed by atoms with van der Waals surface area (Å²) in [5.74, 6) is -0.759. The molecule has 1 atom stereocenters. The van der Waals surface area contributed by atoms with Gasteiger partial charge >= 0.3 is 5.97 Å². The van der Waals surface area contributed by atoms with E-state index in [0.29, 0.717) is 30.9 Å². The van der Waals surface area contributed by atoms with Crippen molar-refractivity contribution in [2.24, 2.45) is 5.92 Å². The first-order chi connectivity index (χ1) is 9.11. The Balaban J connectivity index is 2.08. The second kappa shape index (κ2) is 5.73. The van der Waals surface area contributed by atoms with Crippen molar-refractivity contribution in [2.45, 2.75) is 13.3 Å². The number of benzene rings is 1. The van der Waals surface area contributed by atoms with Gasteiger partial charge in [0, 0.05) is 18.7 Å². The number of hydrogen-bond donors (Lipinski definition) is 1. The zero-order chi connectivity index (χ0) is 13.8. The van der Waals surface area contributed by atoms with Gasteiger partial charge in [0.25, 0.3) is 5.91 Å². The van der Waals surface area contributed by atoms with E-state index in [2.05, 4.69) is 0 Å². The third kappa shape index (κ3) is 3.05. The van der Waals surface area contributed by atoms with Crippen molar-refractivity contribution in [3.05, 3.63) is 29.8 Å². The topological polar surface area (TPSA) is 66.8 Å². The Morgan fingerprint density at radius 1 is 1.47 bits per heavy atom. The van der Waals surface area contributed by atoms with Gasteiger partial charge in [-0.3, -0.25) is 9.59 Å². The average Bonchev–Trinajstić information content (AvgIpc) is 2.88. The van der Waals surface area contributed by atoms with Gasteiger partial charge in [-0.15, -0.1) is 0 Å². The van der Waals surface area contributed by atoms with Gasteiger partial charge in [-0.05, 0) is 31.5 Å². The van der Waals surface area contributed by atoms with E-state index >= 15 is 0 Å². The largest absolute Gasteiger partial charge is 0.494 e. The van der Waals surface area contributed by atoms with E-state index in [1.54, 1.807) is 29.2 Å². The molecule has 5 nitrogen and oxygen atoms in total. The lowest BCUT2D eigenvalue weighted by molar-refractivity contribution is -0.141. The first kappa shape index (κ1) is 13.4. The molecule has 0 saturated carbocycles. The molecular formula is C14H17NO4. The maximum atomic E-state index is 12.2. The first-order valence-electron chi connectivity index (χ1n) is 6.36. The van der Waals surface area contributed by atoms with Crippen molar-refractivity contribution in [1.29, 1.82) is 0 Å². The zero-order valence-corrected chi connectivity index (χ0v) is 10.8. The van der Waals surface area contributed by atoms with E-state index < -0.39 is 11.9 Å². The van der Waals surface area contributed by atoms with Crippen LogP contribution < -0.4 is 4.74 Å². The summed E-state index contributed by atoms with van der Waals surface area (Å²) in [7, 11) is 0. The normalized spacial score (nSPS) is 18.4. The molecule has 102 valence electrons. The van der Waals surface area contributed by atoms with Gasteiger partial charge in [-0.2, -0.15) is 0 Å². The van der Waals surface area contributed by atoms with Crippen LogP contribution in [0.4, 0.5) is 0 Å². The predicted molar refractivity (Wildman–Crippen MR) is 69.3 cm³/mol. The molecule has 0 aromatic heterocycles. The van der Waals surface area contributed by atoms with Crippen LogP contribution in [0, 0.1) is 5.92 Å². The van der Waals surface area contributed by atoms with Crippen LogP contribution in [0.1, 0.15) is 23.7 Å². The molecule has 2 rings (SSSR count). The zero-order valence-electron chi connectivity index (χ0n) is 10.8. The fraction of sp³-hybridized carbons (Fsp3) is 0.429. The fourth-order valence-corrected chi connectivity index (χ4v) is 2.21. The summed E-state index contributed by atoms with van der Waals surface area (Å²) in [5.41, 5.74) is 0.539. The van der Waals surface area contributed by atoms with Gasteiger partial charge in [0.05, 0.1) is 12.5 Å². The molecule has 0 bridgehead atoms. The van der Waals surface area contributed by atoms with Crippen molar-refractivity contribution < 1.29 is 19.4 Å². The number of aliphatic carboxylic acids is 1. The first-order valence-corrected chi connectivity index (χ1v) is 6.36. The minimum atomic E-state index is -0.835. The molecule has 1 fully saturated rings. The molecule has 1 heterocycles. The van der Waals surface area contributed by atoms with E-state index in [4.69, 9.17) is 9.84 Å². The molecule has 19 heavy (non-hydrogen) atoms. The summed E-state index contributed by atoms with van der Waals surface area (Å²) in [6.07, 6.45) is 0.520. The Kier molecular flexibility index (Phi) is 4.04. The Morgan fingerprint density at radius 2 is 2.26 bits per heavy atom. The summed E-state index contributed by atoms with van der Waals surface area (Å²) >= 11 is 0. The maximum Gasteiger partial charge on any atom is 0.308 e. The molecule has 0 spiro atoms. The van der Waals surface area contributed by atoms with Crippen LogP contribution in [0.15, 0.2) is 24.3 Å². The monoisotopic (exact) mass is 263 g/mol. The second-order valence-electron chi connectivity index (χ2n) is 4.54. The third-order valence-corrected chi connectivity index (χ3v) is 3.22. The van der Waals surface area contributed by atoms with Crippen LogP contribution in [0.25, 0.3) is 0 Å². The number of carbonyl (C=O) groups excluding carboxylic acids is 1. The molecule has 1 saturated heterocycles. The lowest BCUT2D eigenvalue weighted by Gasteiger charge is -2.16. The van der Waals surface area contributed by atoms with Crippen LogP contribution in [0.3, 0.4) is 0 Å². The number of nitrogens with zero attached hydrogens (tertiary/aromatic N) is 1. The van der Waals surface area contributed by atoms with E-state index in [0.717, 1.165) is 0 Å². The quantitative estimate of drug-likeness (QED) is 0.896. The van der Waals surface area contributed by atoms with Gasteiger partial charge in [0.2, 0.25) is 0 Å². The lowest BCUT2D eigenvalue weighted by Crippen LogP contribution is -2.29. The van der Waals surface area contributed by atoms with Crippen molar-refractivity contribution in [1.82, 2.24) is 4.90 Å². The summed E-state index contributed by atoms with van der Waals surface area (Å²) < 4.78 is 5.35. The Bertz CT molecular complexity index is 486. The second-order valence-corrected chi connectivity index (χ2v) is 4.54. The van der Waals surface area contributed by atoms with Crippen LogP contribution in [0.2, 0.25) is 0 Å². The fourth-order valence-electron chi connectivity index (χ4n) is 2.21. The number of carbonyl (C=O) groups is 2. The van der Waals surface area contributed by atoms with Crippen LogP contribution in [-0.2, 0) is 4.79 Å². The number of ether oxygens (including phenoxy) is 1. The SMILES string of the molecule is CCOc1cccc(C(=O)N2CCC(C(=O)O)C2)c1. The van der Waals surface area contributed by atoms with E-state index in [9.17, 15) is 9.59 Å². The highest BCUT2D eigenvalue weighted by atomic mass is 16.5. The predicted octanol–water partition coefficient (Wildman–Crippen LogP) is 1.63. The molecule has 1 unspecified atom stereocenters. The van der Waals surface area contributed by atoms with E-state index in [1.807, 2.05) is 6.92 Å². The number of carboxylic acids is 1. The Hall–Kier alpha value is -2.04. The van der Waals surface area contributed by atoms with Gasteiger partial charge in [-0.25, -0.2) is 0 Å². The van der Waals surface area contributed by atoms with Crippen molar-refractivity contribution in [2.75, 3.05) is 19.7 Å². The number of hydrogen-bond acceptors (Lipinski definition) is 3. The van der Waals surface area contributed by atoms with Crippen molar-refractivity contribution in [3.8, 4) is 5.75 Å². The maximum absolute atomic E-state index is 12.2. The van der Waals surface area contributed by atoms with Crippen molar-refractivity contribution in [3.63, 3.8) is 0 Å². The number of carboxylic acid groups (broad SMARTS) is 1. The molecule has 1 aromatic carbocycles. The van der Waals surface area contributed by atoms with Crippen LogP contribution >= 0.6 is 0 Å². The molecule has 1 N–H and O–H groups in total. The van der Waals surface area contributed by atoms with Crippen molar-refractivity contribution >= 4 is 11.9 Å². The standard InChI is InChI=1S/C14H17NO4/c1-2-19-12-5-3-4-10(8-12)13(16)15-7-6-11(9-15)14(17)18/h3-5,8,11H,2,6-7,9H2,1H3,(H,17,18). The molecular weight excluding hydrogens is 246 g/mol. The average molecular weight is 263 g/mol. The van der Waals surface area contributed by atoms with Gasteiger partial charge < -0.3 is 14.7 Å². The van der Waals surface area contributed by atoms with Crippen LogP contribution in [0.5, 0.6) is 5.75 Å².